The molecule has 0 aliphatic carbocycles. The summed E-state index contributed by atoms with van der Waals surface area (Å²) < 4.78 is 28.7. The smallest absolute Gasteiger partial charge is 0.387 e. The van der Waals surface area contributed by atoms with E-state index in [1.54, 1.807) is 12.1 Å². The summed E-state index contributed by atoms with van der Waals surface area (Å²) in [5.74, 6) is -0.338. The Morgan fingerprint density at radius 1 is 0.821 bits per heavy atom. The van der Waals surface area contributed by atoms with Gasteiger partial charge in [0.1, 0.15) is 5.75 Å². The molecule has 0 aliphatic rings. The Morgan fingerprint density at radius 3 is 1.86 bits per heavy atom. The summed E-state index contributed by atoms with van der Waals surface area (Å²) in [5, 5.41) is 2.98. The Kier molecular flexibility index (Phi) is 6.73. The van der Waals surface area contributed by atoms with E-state index < -0.39 is 6.61 Å². The summed E-state index contributed by atoms with van der Waals surface area (Å²) in [4.78, 5) is 12.9. The number of hydrogen-bond donors (Lipinski definition) is 1. The molecule has 28 heavy (non-hydrogen) atoms. The molecule has 144 valence electrons. The standard InChI is InChI=1S/C23H21F2NO2/c24-23(25)28-20-13-11-17(12-14-20)15-16-26-22(27)21(18-7-3-1-4-8-18)19-9-5-2-6-10-19/h1-14,21,23H,15-16H2,(H,26,27). The summed E-state index contributed by atoms with van der Waals surface area (Å²) in [7, 11) is 0. The first-order chi connectivity index (χ1) is 13.6. The van der Waals surface area contributed by atoms with Gasteiger partial charge in [0.2, 0.25) is 5.91 Å². The van der Waals surface area contributed by atoms with Crippen molar-refractivity contribution in [2.45, 2.75) is 19.0 Å². The van der Waals surface area contributed by atoms with Crippen molar-refractivity contribution in [3.8, 4) is 5.75 Å². The second kappa shape index (κ2) is 9.65. The van der Waals surface area contributed by atoms with E-state index in [2.05, 4.69) is 10.1 Å². The highest BCUT2D eigenvalue weighted by molar-refractivity contribution is 5.87. The summed E-state index contributed by atoms with van der Waals surface area (Å²) in [6.07, 6.45) is 0.594. The zero-order valence-electron chi connectivity index (χ0n) is 15.2. The van der Waals surface area contributed by atoms with Crippen LogP contribution in [0.4, 0.5) is 8.78 Å². The SMILES string of the molecule is O=C(NCCc1ccc(OC(F)F)cc1)C(c1ccccc1)c1ccccc1. The van der Waals surface area contributed by atoms with Gasteiger partial charge < -0.3 is 10.1 Å². The molecule has 0 saturated heterocycles. The molecule has 5 heteroatoms. The molecule has 0 bridgehead atoms. The van der Waals surface area contributed by atoms with Crippen LogP contribution < -0.4 is 10.1 Å². The van der Waals surface area contributed by atoms with E-state index in [0.717, 1.165) is 16.7 Å². The van der Waals surface area contributed by atoms with E-state index in [1.807, 2.05) is 60.7 Å². The van der Waals surface area contributed by atoms with Gasteiger partial charge in [-0.2, -0.15) is 8.78 Å². The molecule has 3 aromatic rings. The van der Waals surface area contributed by atoms with Crippen LogP contribution in [0.5, 0.6) is 5.75 Å². The lowest BCUT2D eigenvalue weighted by Crippen LogP contribution is -2.31. The quantitative estimate of drug-likeness (QED) is 0.610. The lowest BCUT2D eigenvalue weighted by atomic mass is 9.90. The average Bonchev–Trinajstić information content (AvgIpc) is 2.71. The Morgan fingerprint density at radius 2 is 1.36 bits per heavy atom. The first-order valence-electron chi connectivity index (χ1n) is 9.05. The number of nitrogens with one attached hydrogen (secondary N) is 1. The number of amides is 1. The lowest BCUT2D eigenvalue weighted by Gasteiger charge is -2.18. The summed E-state index contributed by atoms with van der Waals surface area (Å²) >= 11 is 0. The number of benzene rings is 3. The average molecular weight is 381 g/mol. The van der Waals surface area contributed by atoms with Gasteiger partial charge in [-0.1, -0.05) is 72.8 Å². The first kappa shape index (κ1) is 19.5. The second-order valence-corrected chi connectivity index (χ2v) is 6.32. The predicted molar refractivity (Wildman–Crippen MR) is 105 cm³/mol. The van der Waals surface area contributed by atoms with Gasteiger partial charge in [0.15, 0.2) is 0 Å². The largest absolute Gasteiger partial charge is 0.435 e. The third-order valence-electron chi connectivity index (χ3n) is 4.39. The van der Waals surface area contributed by atoms with Crippen molar-refractivity contribution < 1.29 is 18.3 Å². The van der Waals surface area contributed by atoms with Crippen LogP contribution in [-0.4, -0.2) is 19.1 Å². The Labute approximate surface area is 163 Å². The van der Waals surface area contributed by atoms with Crippen molar-refractivity contribution in [3.63, 3.8) is 0 Å². The van der Waals surface area contributed by atoms with Crippen LogP contribution in [0.25, 0.3) is 0 Å². The molecule has 1 amide bonds. The number of alkyl halides is 2. The van der Waals surface area contributed by atoms with E-state index in [-0.39, 0.29) is 17.6 Å². The van der Waals surface area contributed by atoms with Gasteiger partial charge in [0.05, 0.1) is 5.92 Å². The Hall–Kier alpha value is -3.21. The van der Waals surface area contributed by atoms with Crippen molar-refractivity contribution in [1.29, 1.82) is 0 Å². The fourth-order valence-electron chi connectivity index (χ4n) is 3.06. The van der Waals surface area contributed by atoms with Crippen molar-refractivity contribution >= 4 is 5.91 Å². The van der Waals surface area contributed by atoms with E-state index >= 15 is 0 Å². The zero-order chi connectivity index (χ0) is 19.8. The minimum absolute atomic E-state index is 0.0740. The van der Waals surface area contributed by atoms with Gasteiger partial charge in [-0.05, 0) is 35.2 Å². The van der Waals surface area contributed by atoms with Gasteiger partial charge >= 0.3 is 6.61 Å². The zero-order valence-corrected chi connectivity index (χ0v) is 15.2. The number of rotatable bonds is 8. The maximum Gasteiger partial charge on any atom is 0.387 e. The fourth-order valence-corrected chi connectivity index (χ4v) is 3.06. The van der Waals surface area contributed by atoms with Gasteiger partial charge in [-0.15, -0.1) is 0 Å². The maximum absolute atomic E-state index is 12.9. The van der Waals surface area contributed by atoms with Crippen LogP contribution in [0.2, 0.25) is 0 Å². The van der Waals surface area contributed by atoms with E-state index in [4.69, 9.17) is 0 Å². The van der Waals surface area contributed by atoms with Crippen molar-refractivity contribution in [3.05, 3.63) is 102 Å². The van der Waals surface area contributed by atoms with Crippen LogP contribution in [0.1, 0.15) is 22.6 Å². The number of hydrogen-bond acceptors (Lipinski definition) is 2. The summed E-state index contributed by atoms with van der Waals surface area (Å²) in [5.41, 5.74) is 2.79. The number of carbonyl (C=O) groups excluding carboxylic acids is 1. The number of ether oxygens (including phenoxy) is 1. The number of halogens is 2. The minimum Gasteiger partial charge on any atom is -0.435 e. The van der Waals surface area contributed by atoms with Gasteiger partial charge in [0, 0.05) is 6.54 Å². The molecule has 0 spiro atoms. The van der Waals surface area contributed by atoms with Crippen LogP contribution in [0.3, 0.4) is 0 Å². The molecule has 0 unspecified atom stereocenters. The lowest BCUT2D eigenvalue weighted by molar-refractivity contribution is -0.121. The van der Waals surface area contributed by atoms with Crippen LogP contribution in [0.15, 0.2) is 84.9 Å². The Balaban J connectivity index is 1.63. The highest BCUT2D eigenvalue weighted by Gasteiger charge is 2.21. The normalized spacial score (nSPS) is 10.9. The van der Waals surface area contributed by atoms with Crippen LogP contribution in [-0.2, 0) is 11.2 Å². The molecular weight excluding hydrogens is 360 g/mol. The molecule has 0 atom stereocenters. The maximum atomic E-state index is 12.9. The topological polar surface area (TPSA) is 38.3 Å². The molecule has 0 saturated carbocycles. The molecule has 1 N–H and O–H groups in total. The van der Waals surface area contributed by atoms with E-state index in [0.29, 0.717) is 13.0 Å². The van der Waals surface area contributed by atoms with Crippen LogP contribution >= 0.6 is 0 Å². The number of carbonyl (C=O) groups is 1. The highest BCUT2D eigenvalue weighted by Crippen LogP contribution is 2.24. The summed E-state index contributed by atoms with van der Waals surface area (Å²) in [6, 6.07) is 25.7. The van der Waals surface area contributed by atoms with Gasteiger partial charge in [-0.25, -0.2) is 0 Å². The second-order valence-electron chi connectivity index (χ2n) is 6.32. The molecule has 0 fully saturated rings. The third kappa shape index (κ3) is 5.39. The van der Waals surface area contributed by atoms with Gasteiger partial charge in [-0.3, -0.25) is 4.79 Å². The predicted octanol–water partition coefficient (Wildman–Crippen LogP) is 4.78. The molecule has 0 heterocycles. The molecule has 3 nitrogen and oxygen atoms in total. The van der Waals surface area contributed by atoms with E-state index in [1.165, 1.54) is 12.1 Å². The first-order valence-corrected chi connectivity index (χ1v) is 9.05. The highest BCUT2D eigenvalue weighted by atomic mass is 19.3. The summed E-state index contributed by atoms with van der Waals surface area (Å²) in [6.45, 7) is -2.39. The molecule has 3 aromatic carbocycles. The Bertz CT molecular complexity index is 829. The van der Waals surface area contributed by atoms with Gasteiger partial charge in [0.25, 0.3) is 0 Å². The minimum atomic E-state index is -2.84. The van der Waals surface area contributed by atoms with Crippen molar-refractivity contribution in [1.82, 2.24) is 5.32 Å². The monoisotopic (exact) mass is 381 g/mol. The van der Waals surface area contributed by atoms with Crippen molar-refractivity contribution in [2.75, 3.05) is 6.54 Å². The molecular formula is C23H21F2NO2. The molecule has 0 aromatic heterocycles. The molecule has 0 radical (unpaired) electrons. The van der Waals surface area contributed by atoms with Crippen LogP contribution in [0, 0.1) is 0 Å². The molecule has 3 rings (SSSR count). The fraction of sp³-hybridized carbons (Fsp3) is 0.174. The van der Waals surface area contributed by atoms with Crippen molar-refractivity contribution in [2.24, 2.45) is 0 Å². The van der Waals surface area contributed by atoms with E-state index in [9.17, 15) is 13.6 Å². The molecule has 0 aliphatic heterocycles. The third-order valence-corrected chi connectivity index (χ3v) is 4.39.